The van der Waals surface area contributed by atoms with Gasteiger partial charge in [-0.15, -0.1) is 0 Å². The molecule has 5 heteroatoms. The number of hydrogen-bond donors (Lipinski definition) is 1. The van der Waals surface area contributed by atoms with E-state index in [1.165, 1.54) is 11.3 Å². The number of aliphatic hydroxyl groups is 1. The predicted molar refractivity (Wildman–Crippen MR) is 103 cm³/mol. The lowest BCUT2D eigenvalue weighted by molar-refractivity contribution is 0.0663. The zero-order valence-corrected chi connectivity index (χ0v) is 15.3. The molecule has 1 aliphatic heterocycles. The molecule has 25 heavy (non-hydrogen) atoms. The lowest BCUT2D eigenvalue weighted by atomic mass is 10.1. The van der Waals surface area contributed by atoms with Crippen LogP contribution in [0.15, 0.2) is 48.5 Å². The van der Waals surface area contributed by atoms with Crippen LogP contribution in [-0.4, -0.2) is 55.4 Å². The van der Waals surface area contributed by atoms with Crippen molar-refractivity contribution in [1.82, 2.24) is 4.90 Å². The summed E-state index contributed by atoms with van der Waals surface area (Å²) in [5.41, 5.74) is 2.45. The number of ether oxygens (including phenoxy) is 1. The van der Waals surface area contributed by atoms with Crippen molar-refractivity contribution in [2.24, 2.45) is 0 Å². The Morgan fingerprint density at radius 2 is 1.80 bits per heavy atom. The molecule has 0 bridgehead atoms. The van der Waals surface area contributed by atoms with Gasteiger partial charge in [-0.2, -0.15) is 0 Å². The number of piperazine rings is 1. The number of aliphatic hydroxyl groups excluding tert-OH is 1. The maximum absolute atomic E-state index is 10.2. The van der Waals surface area contributed by atoms with Crippen LogP contribution in [0.4, 0.5) is 5.69 Å². The number of halogens is 1. The number of aryl methyl sites for hydroxylation is 1. The topological polar surface area (TPSA) is 35.9 Å². The van der Waals surface area contributed by atoms with Crippen molar-refractivity contribution in [2.75, 3.05) is 44.2 Å². The van der Waals surface area contributed by atoms with Gasteiger partial charge in [-0.25, -0.2) is 0 Å². The third-order valence-electron chi connectivity index (χ3n) is 4.54. The number of anilines is 1. The first-order valence-corrected chi connectivity index (χ1v) is 9.09. The summed E-state index contributed by atoms with van der Waals surface area (Å²) in [4.78, 5) is 4.65. The Balaban J connectivity index is 1.45. The van der Waals surface area contributed by atoms with Crippen molar-refractivity contribution in [2.45, 2.75) is 13.0 Å². The van der Waals surface area contributed by atoms with E-state index in [1.807, 2.05) is 42.5 Å². The van der Waals surface area contributed by atoms with E-state index in [0.29, 0.717) is 13.2 Å². The summed E-state index contributed by atoms with van der Waals surface area (Å²) >= 11 is 6.13. The predicted octanol–water partition coefficient (Wildman–Crippen LogP) is 3.21. The Morgan fingerprint density at radius 1 is 1.08 bits per heavy atom. The zero-order valence-electron chi connectivity index (χ0n) is 14.6. The molecule has 0 aliphatic carbocycles. The lowest BCUT2D eigenvalue weighted by Gasteiger charge is -2.37. The standard InChI is InChI=1S/C20H25ClN2O2/c1-16-7-8-17(21)13-20(16)23-11-9-22(10-12-23)14-18(24)15-25-19-5-3-2-4-6-19/h2-8,13,18,24H,9-12,14-15H2,1H3. The molecule has 1 atom stereocenters. The van der Waals surface area contributed by atoms with Crippen LogP contribution in [0.2, 0.25) is 5.02 Å². The third-order valence-corrected chi connectivity index (χ3v) is 4.77. The smallest absolute Gasteiger partial charge is 0.119 e. The molecule has 0 radical (unpaired) electrons. The van der Waals surface area contributed by atoms with Crippen LogP contribution in [0, 0.1) is 6.92 Å². The lowest BCUT2D eigenvalue weighted by Crippen LogP contribution is -2.49. The maximum atomic E-state index is 10.2. The van der Waals surface area contributed by atoms with Crippen molar-refractivity contribution < 1.29 is 9.84 Å². The summed E-state index contributed by atoms with van der Waals surface area (Å²) < 4.78 is 5.63. The van der Waals surface area contributed by atoms with Gasteiger partial charge in [0, 0.05) is 43.4 Å². The molecular formula is C20H25ClN2O2. The molecule has 134 valence electrons. The fourth-order valence-electron chi connectivity index (χ4n) is 3.15. The average Bonchev–Trinajstić information content (AvgIpc) is 2.64. The second kappa shape index (κ2) is 8.56. The van der Waals surface area contributed by atoms with Gasteiger partial charge >= 0.3 is 0 Å². The number of rotatable bonds is 6. The van der Waals surface area contributed by atoms with Crippen molar-refractivity contribution in [3.8, 4) is 5.75 Å². The largest absolute Gasteiger partial charge is 0.491 e. The van der Waals surface area contributed by atoms with Gasteiger partial charge in [0.25, 0.3) is 0 Å². The van der Waals surface area contributed by atoms with E-state index < -0.39 is 6.10 Å². The number of benzene rings is 2. The minimum absolute atomic E-state index is 0.317. The average molecular weight is 361 g/mol. The first kappa shape index (κ1) is 18.1. The second-order valence-electron chi connectivity index (χ2n) is 6.50. The third kappa shape index (κ3) is 5.11. The molecule has 0 spiro atoms. The monoisotopic (exact) mass is 360 g/mol. The number of nitrogens with zero attached hydrogens (tertiary/aromatic N) is 2. The van der Waals surface area contributed by atoms with Crippen molar-refractivity contribution >= 4 is 17.3 Å². The van der Waals surface area contributed by atoms with Crippen LogP contribution in [0.1, 0.15) is 5.56 Å². The van der Waals surface area contributed by atoms with E-state index in [0.717, 1.165) is 37.0 Å². The van der Waals surface area contributed by atoms with E-state index >= 15 is 0 Å². The van der Waals surface area contributed by atoms with E-state index in [-0.39, 0.29) is 0 Å². The summed E-state index contributed by atoms with van der Waals surface area (Å²) in [5.74, 6) is 0.794. The van der Waals surface area contributed by atoms with E-state index in [1.54, 1.807) is 0 Å². The first-order valence-electron chi connectivity index (χ1n) is 8.71. The van der Waals surface area contributed by atoms with Crippen LogP contribution < -0.4 is 9.64 Å². The van der Waals surface area contributed by atoms with Crippen LogP contribution in [0.5, 0.6) is 5.75 Å². The minimum atomic E-state index is -0.486. The van der Waals surface area contributed by atoms with Gasteiger partial charge in [0.15, 0.2) is 0 Å². The summed E-state index contributed by atoms with van der Waals surface area (Å²) in [6, 6.07) is 15.6. The Kier molecular flexibility index (Phi) is 6.19. The SMILES string of the molecule is Cc1ccc(Cl)cc1N1CCN(CC(O)COc2ccccc2)CC1. The van der Waals surface area contributed by atoms with Gasteiger partial charge in [0.05, 0.1) is 0 Å². The zero-order chi connectivity index (χ0) is 17.6. The number of β-amino-alcohol motifs (C(OH)–C–C–N with tert-alkyl or cyclic N) is 1. The molecule has 1 fully saturated rings. The molecule has 1 aliphatic rings. The molecule has 2 aromatic rings. The summed E-state index contributed by atoms with van der Waals surface area (Å²) in [6.07, 6.45) is -0.486. The van der Waals surface area contributed by atoms with Crippen molar-refractivity contribution in [1.29, 1.82) is 0 Å². The first-order chi connectivity index (χ1) is 12.1. The van der Waals surface area contributed by atoms with Gasteiger partial charge in [-0.3, -0.25) is 4.90 Å². The number of hydrogen-bond acceptors (Lipinski definition) is 4. The molecule has 0 saturated carbocycles. The van der Waals surface area contributed by atoms with Gasteiger partial charge < -0.3 is 14.7 Å². The Bertz CT molecular complexity index is 673. The molecule has 0 aromatic heterocycles. The fraction of sp³-hybridized carbons (Fsp3) is 0.400. The normalized spacial score (nSPS) is 16.7. The van der Waals surface area contributed by atoms with Crippen LogP contribution >= 0.6 is 11.6 Å². The second-order valence-corrected chi connectivity index (χ2v) is 6.93. The highest BCUT2D eigenvalue weighted by Crippen LogP contribution is 2.25. The highest BCUT2D eigenvalue weighted by molar-refractivity contribution is 6.30. The molecule has 1 heterocycles. The molecule has 0 amide bonds. The summed E-state index contributed by atoms with van der Waals surface area (Å²) in [5, 5.41) is 11.0. The molecule has 4 nitrogen and oxygen atoms in total. The van der Waals surface area contributed by atoms with E-state index in [4.69, 9.17) is 16.3 Å². The van der Waals surface area contributed by atoms with Crippen LogP contribution in [-0.2, 0) is 0 Å². The summed E-state index contributed by atoms with van der Waals surface area (Å²) in [6.45, 7) is 6.79. The molecule has 2 aromatic carbocycles. The highest BCUT2D eigenvalue weighted by Gasteiger charge is 2.20. The van der Waals surface area contributed by atoms with Crippen LogP contribution in [0.25, 0.3) is 0 Å². The molecule has 1 saturated heterocycles. The van der Waals surface area contributed by atoms with Crippen molar-refractivity contribution in [3.05, 3.63) is 59.1 Å². The van der Waals surface area contributed by atoms with Gasteiger partial charge in [0.1, 0.15) is 18.5 Å². The Labute approximate surface area is 154 Å². The van der Waals surface area contributed by atoms with E-state index in [9.17, 15) is 5.11 Å². The van der Waals surface area contributed by atoms with Crippen LogP contribution in [0.3, 0.4) is 0 Å². The summed E-state index contributed by atoms with van der Waals surface area (Å²) in [7, 11) is 0. The fourth-order valence-corrected chi connectivity index (χ4v) is 3.32. The minimum Gasteiger partial charge on any atom is -0.491 e. The quantitative estimate of drug-likeness (QED) is 0.858. The number of para-hydroxylation sites is 1. The van der Waals surface area contributed by atoms with Gasteiger partial charge in [-0.1, -0.05) is 35.9 Å². The van der Waals surface area contributed by atoms with Gasteiger partial charge in [-0.05, 0) is 36.8 Å². The molecule has 1 N–H and O–H groups in total. The molecule has 3 rings (SSSR count). The Hall–Kier alpha value is -1.75. The highest BCUT2D eigenvalue weighted by atomic mass is 35.5. The Morgan fingerprint density at radius 3 is 2.52 bits per heavy atom. The van der Waals surface area contributed by atoms with Crippen molar-refractivity contribution in [3.63, 3.8) is 0 Å². The van der Waals surface area contributed by atoms with E-state index in [2.05, 4.69) is 22.8 Å². The van der Waals surface area contributed by atoms with Gasteiger partial charge in [0.2, 0.25) is 0 Å². The molecular weight excluding hydrogens is 336 g/mol. The molecule has 1 unspecified atom stereocenters. The maximum Gasteiger partial charge on any atom is 0.119 e.